The summed E-state index contributed by atoms with van der Waals surface area (Å²) in [4.78, 5) is 22.4. The lowest BCUT2D eigenvalue weighted by Gasteiger charge is -2.11. The van der Waals surface area contributed by atoms with E-state index in [-0.39, 0.29) is 5.91 Å². The number of aliphatic imine (C=N–C) groups is 2. The van der Waals surface area contributed by atoms with Crippen LogP contribution in [0.4, 0.5) is 5.69 Å². The third kappa shape index (κ3) is 5.40. The molecule has 0 bridgehead atoms. The minimum Gasteiger partial charge on any atom is -0.306 e. The molecule has 0 saturated heterocycles. The highest BCUT2D eigenvalue weighted by atomic mass is 16.1. The molecule has 0 unspecified atom stereocenters. The Labute approximate surface area is 181 Å². The van der Waals surface area contributed by atoms with E-state index in [0.29, 0.717) is 17.2 Å². The predicted molar refractivity (Wildman–Crippen MR) is 126 cm³/mol. The summed E-state index contributed by atoms with van der Waals surface area (Å²) < 4.78 is 0. The first kappa shape index (κ1) is 20.0. The minimum absolute atomic E-state index is 0.227. The summed E-state index contributed by atoms with van der Waals surface area (Å²) in [6, 6.07) is 38.0. The highest BCUT2D eigenvalue weighted by molar-refractivity contribution is 6.18. The van der Waals surface area contributed by atoms with Crippen molar-refractivity contribution in [1.29, 1.82) is 0 Å². The number of nitrogens with zero attached hydrogens (tertiary/aromatic N) is 2. The first-order chi connectivity index (χ1) is 15.3. The maximum Gasteiger partial charge on any atom is 0.256 e. The van der Waals surface area contributed by atoms with Gasteiger partial charge in [0.1, 0.15) is 5.84 Å². The third-order valence-corrected chi connectivity index (χ3v) is 4.56. The highest BCUT2D eigenvalue weighted by Gasteiger charge is 2.13. The Morgan fingerprint density at radius 2 is 1.00 bits per heavy atom. The van der Waals surface area contributed by atoms with Crippen LogP contribution in [0.2, 0.25) is 0 Å². The number of hydrogen-bond acceptors (Lipinski definition) is 2. The zero-order chi connectivity index (χ0) is 21.3. The molecule has 0 aliphatic heterocycles. The smallest absolute Gasteiger partial charge is 0.256 e. The summed E-state index contributed by atoms with van der Waals surface area (Å²) in [5, 5.41) is 2.97. The Kier molecular flexibility index (Phi) is 6.41. The van der Waals surface area contributed by atoms with Crippen molar-refractivity contribution >= 4 is 23.3 Å². The summed E-state index contributed by atoms with van der Waals surface area (Å²) in [7, 11) is 0. The number of benzene rings is 4. The van der Waals surface area contributed by atoms with E-state index in [1.54, 1.807) is 12.1 Å². The van der Waals surface area contributed by atoms with Crippen LogP contribution in [-0.2, 0) is 0 Å². The molecule has 1 amide bonds. The Balaban J connectivity index is 1.79. The molecule has 0 saturated carbocycles. The van der Waals surface area contributed by atoms with Crippen LogP contribution >= 0.6 is 0 Å². The number of para-hydroxylation sites is 1. The summed E-state index contributed by atoms with van der Waals surface area (Å²) in [6.45, 7) is 0. The van der Waals surface area contributed by atoms with Gasteiger partial charge in [-0.1, -0.05) is 97.1 Å². The fourth-order valence-electron chi connectivity index (χ4n) is 3.00. The van der Waals surface area contributed by atoms with Crippen molar-refractivity contribution < 1.29 is 4.79 Å². The zero-order valence-electron chi connectivity index (χ0n) is 16.8. The molecule has 31 heavy (non-hydrogen) atoms. The van der Waals surface area contributed by atoms with Gasteiger partial charge in [-0.3, -0.25) is 4.79 Å². The molecule has 0 atom stereocenters. The second-order valence-electron chi connectivity index (χ2n) is 6.78. The van der Waals surface area contributed by atoms with Gasteiger partial charge >= 0.3 is 0 Å². The Bertz CT molecular complexity index is 1190. The first-order valence-electron chi connectivity index (χ1n) is 9.99. The lowest BCUT2D eigenvalue weighted by atomic mass is 10.1. The van der Waals surface area contributed by atoms with Gasteiger partial charge in [-0.05, 0) is 24.3 Å². The van der Waals surface area contributed by atoms with Gasteiger partial charge in [0.05, 0.1) is 5.69 Å². The second kappa shape index (κ2) is 9.94. The van der Waals surface area contributed by atoms with Crippen LogP contribution in [0.3, 0.4) is 0 Å². The summed E-state index contributed by atoms with van der Waals surface area (Å²) in [6.07, 6.45) is 0. The fourth-order valence-corrected chi connectivity index (χ4v) is 3.00. The number of amidine groups is 2. The fraction of sp³-hybridized carbons (Fsp3) is 0. The maximum absolute atomic E-state index is 12.9. The molecule has 0 heterocycles. The summed E-state index contributed by atoms with van der Waals surface area (Å²) in [5.41, 5.74) is 3.00. The monoisotopic (exact) mass is 403 g/mol. The van der Waals surface area contributed by atoms with Gasteiger partial charge in [-0.15, -0.1) is 0 Å². The van der Waals surface area contributed by atoms with E-state index < -0.39 is 0 Å². The quantitative estimate of drug-likeness (QED) is 0.348. The van der Waals surface area contributed by atoms with Gasteiger partial charge in [0.25, 0.3) is 5.91 Å². The molecular weight excluding hydrogens is 382 g/mol. The molecule has 4 heteroatoms. The Morgan fingerprint density at radius 1 is 0.548 bits per heavy atom. The molecule has 1 N–H and O–H groups in total. The van der Waals surface area contributed by atoms with E-state index in [2.05, 4.69) is 5.32 Å². The van der Waals surface area contributed by atoms with Crippen LogP contribution in [0.5, 0.6) is 0 Å². The molecule has 4 aromatic carbocycles. The van der Waals surface area contributed by atoms with Gasteiger partial charge < -0.3 is 5.32 Å². The largest absolute Gasteiger partial charge is 0.306 e. The average molecular weight is 403 g/mol. The molecule has 150 valence electrons. The maximum atomic E-state index is 12.9. The molecule has 4 aromatic rings. The number of rotatable bonds is 4. The van der Waals surface area contributed by atoms with Crippen molar-refractivity contribution in [1.82, 2.24) is 5.32 Å². The van der Waals surface area contributed by atoms with Gasteiger partial charge in [-0.2, -0.15) is 0 Å². The van der Waals surface area contributed by atoms with Crippen LogP contribution in [-0.4, -0.2) is 17.6 Å². The van der Waals surface area contributed by atoms with Gasteiger partial charge in [0.15, 0.2) is 5.84 Å². The number of carbonyl (C=O) groups excluding carboxylic acids is 1. The average Bonchev–Trinajstić information content (AvgIpc) is 2.85. The van der Waals surface area contributed by atoms with Crippen molar-refractivity contribution in [2.45, 2.75) is 0 Å². The Morgan fingerprint density at radius 3 is 1.55 bits per heavy atom. The third-order valence-electron chi connectivity index (χ3n) is 4.56. The lowest BCUT2D eigenvalue weighted by Crippen LogP contribution is -2.32. The van der Waals surface area contributed by atoms with Crippen molar-refractivity contribution in [3.05, 3.63) is 138 Å². The van der Waals surface area contributed by atoms with Crippen LogP contribution in [0, 0.1) is 0 Å². The lowest BCUT2D eigenvalue weighted by molar-refractivity contribution is 0.0977. The molecule has 0 fully saturated rings. The molecular formula is C27H21N3O. The zero-order valence-corrected chi connectivity index (χ0v) is 16.8. The van der Waals surface area contributed by atoms with E-state index in [4.69, 9.17) is 9.98 Å². The van der Waals surface area contributed by atoms with Gasteiger partial charge in [-0.25, -0.2) is 9.98 Å². The first-order valence-corrected chi connectivity index (χ1v) is 9.99. The molecule has 4 nitrogen and oxygen atoms in total. The number of hydrogen-bond donors (Lipinski definition) is 1. The number of carbonyl (C=O) groups is 1. The van der Waals surface area contributed by atoms with E-state index in [1.807, 2.05) is 109 Å². The highest BCUT2D eigenvalue weighted by Crippen LogP contribution is 2.15. The van der Waals surface area contributed by atoms with Crippen LogP contribution < -0.4 is 5.32 Å². The standard InChI is InChI=1S/C27H21N3O/c31-27(23-17-9-3-10-18-23)30-26(22-15-7-2-8-16-22)29-25(21-13-5-1-6-14-21)28-24-19-11-4-12-20-24/h1-20H,(H,28,29,30,31). The second-order valence-corrected chi connectivity index (χ2v) is 6.78. The van der Waals surface area contributed by atoms with Crippen molar-refractivity contribution in [2.75, 3.05) is 0 Å². The molecule has 4 rings (SSSR count). The van der Waals surface area contributed by atoms with Gasteiger partial charge in [0, 0.05) is 16.7 Å². The van der Waals surface area contributed by atoms with Gasteiger partial charge in [0.2, 0.25) is 0 Å². The van der Waals surface area contributed by atoms with E-state index in [1.165, 1.54) is 0 Å². The van der Waals surface area contributed by atoms with Crippen molar-refractivity contribution in [2.24, 2.45) is 9.98 Å². The summed E-state index contributed by atoms with van der Waals surface area (Å²) >= 11 is 0. The SMILES string of the molecule is O=C(NC(=NC(=Nc1ccccc1)c1ccccc1)c1ccccc1)c1ccccc1. The van der Waals surface area contributed by atoms with Crippen LogP contribution in [0.1, 0.15) is 21.5 Å². The van der Waals surface area contributed by atoms with E-state index in [9.17, 15) is 4.79 Å². The predicted octanol–water partition coefficient (Wildman–Crippen LogP) is 5.64. The minimum atomic E-state index is -0.227. The van der Waals surface area contributed by atoms with E-state index >= 15 is 0 Å². The summed E-state index contributed by atoms with van der Waals surface area (Å²) in [5.74, 6) is 0.724. The molecule has 0 aromatic heterocycles. The normalized spacial score (nSPS) is 11.7. The van der Waals surface area contributed by atoms with E-state index in [0.717, 1.165) is 16.8 Å². The molecule has 0 aliphatic carbocycles. The number of nitrogens with one attached hydrogen (secondary N) is 1. The molecule has 0 spiro atoms. The molecule has 0 aliphatic rings. The topological polar surface area (TPSA) is 53.8 Å². The number of amides is 1. The van der Waals surface area contributed by atoms with Crippen LogP contribution in [0.15, 0.2) is 131 Å². The van der Waals surface area contributed by atoms with Crippen molar-refractivity contribution in [3.63, 3.8) is 0 Å². The molecule has 0 radical (unpaired) electrons. The Hall–Kier alpha value is -4.31. The van der Waals surface area contributed by atoms with Crippen LogP contribution in [0.25, 0.3) is 0 Å². The van der Waals surface area contributed by atoms with Crippen molar-refractivity contribution in [3.8, 4) is 0 Å².